The summed E-state index contributed by atoms with van der Waals surface area (Å²) in [7, 11) is 0. The Morgan fingerprint density at radius 1 is 0.938 bits per heavy atom. The first-order valence-electron chi connectivity index (χ1n) is 9.36. The van der Waals surface area contributed by atoms with Crippen LogP contribution in [0.5, 0.6) is 17.2 Å². The lowest BCUT2D eigenvalue weighted by molar-refractivity contribution is -0.271. The summed E-state index contributed by atoms with van der Waals surface area (Å²) in [5, 5.41) is 58.8. The molecule has 2 heterocycles. The summed E-state index contributed by atoms with van der Waals surface area (Å²) < 4.78 is 16.3. The number of aliphatic hydroxyl groups is 3. The van der Waals surface area contributed by atoms with Crippen molar-refractivity contribution in [1.82, 2.24) is 0 Å². The van der Waals surface area contributed by atoms with Crippen LogP contribution in [-0.4, -0.2) is 67.3 Å². The van der Waals surface area contributed by atoms with E-state index in [9.17, 15) is 40.2 Å². The molecule has 1 aliphatic heterocycles. The number of aromatic hydroxyl groups is 2. The number of benzene rings is 2. The molecule has 0 amide bonds. The summed E-state index contributed by atoms with van der Waals surface area (Å²) in [5.74, 6) is -2.83. The number of aliphatic carboxylic acids is 1. The number of rotatable bonds is 4. The zero-order chi connectivity index (χ0) is 23.2. The van der Waals surface area contributed by atoms with Gasteiger partial charge in [-0.05, 0) is 36.4 Å². The Labute approximate surface area is 178 Å². The number of ether oxygens (including phenoxy) is 2. The van der Waals surface area contributed by atoms with Crippen molar-refractivity contribution in [3.8, 4) is 28.6 Å². The van der Waals surface area contributed by atoms with E-state index >= 15 is 0 Å². The molecule has 3 aromatic rings. The van der Waals surface area contributed by atoms with E-state index in [0.29, 0.717) is 0 Å². The maximum absolute atomic E-state index is 13.2. The van der Waals surface area contributed by atoms with Crippen LogP contribution in [0.4, 0.5) is 0 Å². The monoisotopic (exact) mass is 446 g/mol. The number of carboxylic acid groups (broad SMARTS) is 1. The van der Waals surface area contributed by atoms with Gasteiger partial charge in [-0.15, -0.1) is 0 Å². The minimum absolute atomic E-state index is 0.00871. The SMILES string of the molecule is O=C(O)[C@H]1O[C@@H](Oc2c(-c3ccc(O)cc3)oc3cccc(O)c3c2=O)[C@H](O)[C@@H](O)[C@@H]1O. The zero-order valence-electron chi connectivity index (χ0n) is 16.2. The van der Waals surface area contributed by atoms with Crippen LogP contribution in [0.3, 0.4) is 0 Å². The fourth-order valence-electron chi connectivity index (χ4n) is 3.38. The van der Waals surface area contributed by atoms with E-state index in [0.717, 1.165) is 0 Å². The molecule has 11 nitrogen and oxygen atoms in total. The predicted molar refractivity (Wildman–Crippen MR) is 106 cm³/mol. The average Bonchev–Trinajstić information content (AvgIpc) is 2.75. The molecule has 0 bridgehead atoms. The second-order valence-corrected chi connectivity index (χ2v) is 7.14. The Kier molecular flexibility index (Phi) is 5.48. The number of aliphatic hydroxyl groups excluding tert-OH is 3. The first kappa shape index (κ1) is 21.6. The van der Waals surface area contributed by atoms with Crippen LogP contribution in [-0.2, 0) is 9.53 Å². The topological polar surface area (TPSA) is 187 Å². The molecule has 0 spiro atoms. The first-order chi connectivity index (χ1) is 15.2. The Balaban J connectivity index is 1.87. The van der Waals surface area contributed by atoms with Gasteiger partial charge in [0.2, 0.25) is 17.5 Å². The van der Waals surface area contributed by atoms with Gasteiger partial charge < -0.3 is 44.5 Å². The normalized spacial score (nSPS) is 25.5. The molecule has 32 heavy (non-hydrogen) atoms. The third kappa shape index (κ3) is 3.63. The molecule has 11 heteroatoms. The van der Waals surface area contributed by atoms with E-state index < -0.39 is 53.6 Å². The summed E-state index contributed by atoms with van der Waals surface area (Å²) in [6, 6.07) is 9.58. The van der Waals surface area contributed by atoms with E-state index in [1.54, 1.807) is 0 Å². The smallest absolute Gasteiger partial charge is 0.335 e. The highest BCUT2D eigenvalue weighted by Crippen LogP contribution is 2.35. The quantitative estimate of drug-likeness (QED) is 0.320. The van der Waals surface area contributed by atoms with Gasteiger partial charge in [-0.2, -0.15) is 0 Å². The molecule has 0 saturated carbocycles. The van der Waals surface area contributed by atoms with Crippen LogP contribution < -0.4 is 10.2 Å². The van der Waals surface area contributed by atoms with E-state index in [1.807, 2.05) is 0 Å². The molecular formula is C21H18O11. The third-order valence-corrected chi connectivity index (χ3v) is 5.03. The van der Waals surface area contributed by atoms with Crippen LogP contribution in [0.1, 0.15) is 0 Å². The number of hydrogen-bond donors (Lipinski definition) is 6. The zero-order valence-corrected chi connectivity index (χ0v) is 16.2. The highest BCUT2D eigenvalue weighted by atomic mass is 16.7. The number of phenolic OH excluding ortho intramolecular Hbond substituents is 2. The fraction of sp³-hybridized carbons (Fsp3) is 0.238. The largest absolute Gasteiger partial charge is 0.508 e. The highest BCUT2D eigenvalue weighted by Gasteiger charge is 2.48. The van der Waals surface area contributed by atoms with Gasteiger partial charge in [0.1, 0.15) is 40.8 Å². The van der Waals surface area contributed by atoms with Crippen molar-refractivity contribution in [2.24, 2.45) is 0 Å². The fourth-order valence-corrected chi connectivity index (χ4v) is 3.38. The molecule has 168 valence electrons. The Morgan fingerprint density at radius 2 is 1.62 bits per heavy atom. The van der Waals surface area contributed by atoms with E-state index in [-0.39, 0.29) is 28.0 Å². The van der Waals surface area contributed by atoms with Gasteiger partial charge >= 0.3 is 5.97 Å². The minimum Gasteiger partial charge on any atom is -0.508 e. The Bertz CT molecular complexity index is 1220. The van der Waals surface area contributed by atoms with Gasteiger partial charge in [0, 0.05) is 5.56 Å². The van der Waals surface area contributed by atoms with Gasteiger partial charge in [0.05, 0.1) is 0 Å². The summed E-state index contributed by atoms with van der Waals surface area (Å²) in [4.78, 5) is 24.5. The third-order valence-electron chi connectivity index (χ3n) is 5.03. The summed E-state index contributed by atoms with van der Waals surface area (Å²) >= 11 is 0. The number of carboxylic acids is 1. The van der Waals surface area contributed by atoms with Crippen LogP contribution in [0.15, 0.2) is 51.7 Å². The molecule has 1 aromatic heterocycles. The maximum Gasteiger partial charge on any atom is 0.335 e. The molecule has 5 atom stereocenters. The van der Waals surface area contributed by atoms with Gasteiger partial charge in [-0.3, -0.25) is 4.79 Å². The molecule has 0 aliphatic carbocycles. The van der Waals surface area contributed by atoms with Crippen LogP contribution in [0.25, 0.3) is 22.3 Å². The summed E-state index contributed by atoms with van der Waals surface area (Å²) in [6.45, 7) is 0. The molecule has 0 radical (unpaired) electrons. The lowest BCUT2D eigenvalue weighted by atomic mass is 9.99. The van der Waals surface area contributed by atoms with Crippen molar-refractivity contribution in [2.75, 3.05) is 0 Å². The van der Waals surface area contributed by atoms with Crippen LogP contribution >= 0.6 is 0 Å². The molecule has 0 unspecified atom stereocenters. The van der Waals surface area contributed by atoms with Crippen molar-refractivity contribution < 1.29 is 49.3 Å². The van der Waals surface area contributed by atoms with Crippen molar-refractivity contribution in [2.45, 2.75) is 30.7 Å². The van der Waals surface area contributed by atoms with E-state index in [4.69, 9.17) is 13.9 Å². The van der Waals surface area contributed by atoms with Crippen molar-refractivity contribution in [3.63, 3.8) is 0 Å². The Morgan fingerprint density at radius 3 is 2.28 bits per heavy atom. The highest BCUT2D eigenvalue weighted by molar-refractivity contribution is 5.87. The van der Waals surface area contributed by atoms with Gasteiger partial charge in [0.15, 0.2) is 11.9 Å². The molecule has 6 N–H and O–H groups in total. The van der Waals surface area contributed by atoms with E-state index in [2.05, 4.69) is 0 Å². The maximum atomic E-state index is 13.2. The molecule has 2 aromatic carbocycles. The lowest BCUT2D eigenvalue weighted by Gasteiger charge is -2.38. The molecule has 1 saturated heterocycles. The molecule has 1 aliphatic rings. The number of carbonyl (C=O) groups is 1. The molecular weight excluding hydrogens is 428 g/mol. The second kappa shape index (κ2) is 8.13. The standard InChI is InChI=1S/C21H18O11/c22-9-6-4-8(5-7-9)17-18(13(24)12-10(23)2-1-3-11(12)30-17)31-21-16(27)14(25)15(26)19(32-21)20(28)29/h1-7,14-16,19,21-23,25-27H,(H,28,29)/t14-,15-,16+,19-,21+/m0/s1. The summed E-state index contributed by atoms with van der Waals surface area (Å²) in [6.07, 6.45) is -9.65. The van der Waals surface area contributed by atoms with Gasteiger partial charge in [0.25, 0.3) is 0 Å². The first-order valence-corrected chi connectivity index (χ1v) is 9.36. The second-order valence-electron chi connectivity index (χ2n) is 7.14. The van der Waals surface area contributed by atoms with Crippen molar-refractivity contribution >= 4 is 16.9 Å². The average molecular weight is 446 g/mol. The number of fused-ring (bicyclic) bond motifs is 1. The lowest BCUT2D eigenvalue weighted by Crippen LogP contribution is -2.61. The van der Waals surface area contributed by atoms with Gasteiger partial charge in [-0.1, -0.05) is 6.07 Å². The number of phenols is 2. The van der Waals surface area contributed by atoms with Crippen molar-refractivity contribution in [3.05, 3.63) is 52.7 Å². The van der Waals surface area contributed by atoms with Crippen LogP contribution in [0.2, 0.25) is 0 Å². The molecule has 4 rings (SSSR count). The Hall–Kier alpha value is -3.64. The summed E-state index contributed by atoms with van der Waals surface area (Å²) in [5.41, 5.74) is -0.592. The van der Waals surface area contributed by atoms with Gasteiger partial charge in [-0.25, -0.2) is 4.79 Å². The van der Waals surface area contributed by atoms with Crippen molar-refractivity contribution in [1.29, 1.82) is 0 Å². The minimum atomic E-state index is -1.95. The van der Waals surface area contributed by atoms with E-state index in [1.165, 1.54) is 42.5 Å². The molecule has 1 fully saturated rings. The predicted octanol–water partition coefficient (Wildman–Crippen LogP) is 0.142. The number of hydrogen-bond acceptors (Lipinski definition) is 10. The van der Waals surface area contributed by atoms with Crippen LogP contribution in [0, 0.1) is 0 Å².